The highest BCUT2D eigenvalue weighted by molar-refractivity contribution is 7.10. The summed E-state index contributed by atoms with van der Waals surface area (Å²) < 4.78 is 5.52. The van der Waals surface area contributed by atoms with Crippen LogP contribution in [0.1, 0.15) is 57.4 Å². The van der Waals surface area contributed by atoms with Gasteiger partial charge in [0.2, 0.25) is 5.91 Å². The van der Waals surface area contributed by atoms with Gasteiger partial charge in [-0.05, 0) is 64.3 Å². The van der Waals surface area contributed by atoms with Crippen molar-refractivity contribution in [3.8, 4) is 0 Å². The van der Waals surface area contributed by atoms with Crippen LogP contribution >= 0.6 is 11.3 Å². The molecule has 1 fully saturated rings. The van der Waals surface area contributed by atoms with E-state index in [2.05, 4.69) is 12.2 Å². The van der Waals surface area contributed by atoms with Gasteiger partial charge < -0.3 is 10.1 Å². The Kier molecular flexibility index (Phi) is 6.14. The molecular formula is C19H30N2O3S. The quantitative estimate of drug-likeness (QED) is 0.841. The fourth-order valence-electron chi connectivity index (χ4n) is 3.16. The number of ether oxygens (including phenoxy) is 1. The van der Waals surface area contributed by atoms with Crippen molar-refractivity contribution in [2.75, 3.05) is 11.9 Å². The number of amides is 2. The molecule has 25 heavy (non-hydrogen) atoms. The maximum Gasteiger partial charge on any atom is 0.410 e. The number of rotatable bonds is 3. The number of aryl methyl sites for hydroxylation is 2. The van der Waals surface area contributed by atoms with E-state index in [1.165, 1.54) is 0 Å². The SMILES string of the molecule is CC[C@@H]1CCN(C(=O)OC(C)(C)C)[C@H](C(=O)Nc2c(C)csc2C)C1. The predicted molar refractivity (Wildman–Crippen MR) is 102 cm³/mol. The Labute approximate surface area is 154 Å². The van der Waals surface area contributed by atoms with Gasteiger partial charge in [0, 0.05) is 11.4 Å². The number of carbonyl (C=O) groups is 2. The molecule has 2 heterocycles. The Hall–Kier alpha value is -1.56. The molecule has 2 atom stereocenters. The molecule has 1 aromatic rings. The second-order valence-corrected chi connectivity index (χ2v) is 8.91. The summed E-state index contributed by atoms with van der Waals surface area (Å²) >= 11 is 1.62. The monoisotopic (exact) mass is 366 g/mol. The average Bonchev–Trinajstić information content (AvgIpc) is 2.84. The minimum Gasteiger partial charge on any atom is -0.444 e. The van der Waals surface area contributed by atoms with Gasteiger partial charge in [0.15, 0.2) is 0 Å². The van der Waals surface area contributed by atoms with Crippen molar-refractivity contribution < 1.29 is 14.3 Å². The number of anilines is 1. The van der Waals surface area contributed by atoms with Crippen LogP contribution in [0.15, 0.2) is 5.38 Å². The Morgan fingerprint density at radius 1 is 1.36 bits per heavy atom. The van der Waals surface area contributed by atoms with Crippen LogP contribution in [0.2, 0.25) is 0 Å². The van der Waals surface area contributed by atoms with Crippen LogP contribution in [0.5, 0.6) is 0 Å². The van der Waals surface area contributed by atoms with Crippen molar-refractivity contribution in [2.24, 2.45) is 5.92 Å². The lowest BCUT2D eigenvalue weighted by Crippen LogP contribution is -2.53. The van der Waals surface area contributed by atoms with Gasteiger partial charge in [-0.3, -0.25) is 9.69 Å². The van der Waals surface area contributed by atoms with Crippen LogP contribution in [-0.2, 0) is 9.53 Å². The second kappa shape index (κ2) is 7.77. The summed E-state index contributed by atoms with van der Waals surface area (Å²) in [5.74, 6) is 0.340. The normalized spacial score (nSPS) is 21.1. The van der Waals surface area contributed by atoms with E-state index in [1.54, 1.807) is 16.2 Å². The van der Waals surface area contributed by atoms with Gasteiger partial charge in [-0.15, -0.1) is 11.3 Å². The number of hydrogen-bond donors (Lipinski definition) is 1. The molecule has 1 aliphatic heterocycles. The molecule has 2 amide bonds. The number of likely N-dealkylation sites (tertiary alicyclic amines) is 1. The second-order valence-electron chi connectivity index (χ2n) is 7.83. The minimum absolute atomic E-state index is 0.117. The van der Waals surface area contributed by atoms with E-state index in [1.807, 2.05) is 40.0 Å². The first-order chi connectivity index (χ1) is 11.6. The molecule has 0 bridgehead atoms. The van der Waals surface area contributed by atoms with Crippen LogP contribution in [0.4, 0.5) is 10.5 Å². The molecule has 2 rings (SSSR count). The molecule has 1 aliphatic rings. The lowest BCUT2D eigenvalue weighted by Gasteiger charge is -2.39. The van der Waals surface area contributed by atoms with Crippen LogP contribution in [0.25, 0.3) is 0 Å². The molecule has 5 nitrogen and oxygen atoms in total. The molecule has 0 radical (unpaired) electrons. The van der Waals surface area contributed by atoms with Gasteiger partial charge in [0.05, 0.1) is 5.69 Å². The lowest BCUT2D eigenvalue weighted by atomic mass is 9.88. The van der Waals surface area contributed by atoms with Crippen molar-refractivity contribution >= 4 is 29.0 Å². The zero-order valence-corrected chi connectivity index (χ0v) is 17.0. The summed E-state index contributed by atoms with van der Waals surface area (Å²) in [7, 11) is 0. The van der Waals surface area contributed by atoms with Crippen molar-refractivity contribution in [3.05, 3.63) is 15.8 Å². The Balaban J connectivity index is 2.18. The number of piperidine rings is 1. The summed E-state index contributed by atoms with van der Waals surface area (Å²) in [6.45, 7) is 12.2. The Morgan fingerprint density at radius 2 is 2.04 bits per heavy atom. The summed E-state index contributed by atoms with van der Waals surface area (Å²) in [6, 6.07) is -0.479. The van der Waals surface area contributed by atoms with Gasteiger partial charge in [-0.1, -0.05) is 13.3 Å². The van der Waals surface area contributed by atoms with E-state index in [0.717, 1.165) is 29.0 Å². The van der Waals surface area contributed by atoms with Crippen LogP contribution in [-0.4, -0.2) is 35.1 Å². The highest BCUT2D eigenvalue weighted by atomic mass is 32.1. The fourth-order valence-corrected chi connectivity index (χ4v) is 3.96. The van der Waals surface area contributed by atoms with Crippen molar-refractivity contribution in [2.45, 2.75) is 72.4 Å². The van der Waals surface area contributed by atoms with Gasteiger partial charge in [-0.25, -0.2) is 4.79 Å². The number of carbonyl (C=O) groups excluding carboxylic acids is 2. The topological polar surface area (TPSA) is 58.6 Å². The van der Waals surface area contributed by atoms with Gasteiger partial charge >= 0.3 is 6.09 Å². The molecule has 0 aromatic carbocycles. The third kappa shape index (κ3) is 4.97. The number of nitrogens with zero attached hydrogens (tertiary/aromatic N) is 1. The van der Waals surface area contributed by atoms with Crippen molar-refractivity contribution in [1.29, 1.82) is 0 Å². The molecule has 1 aromatic heterocycles. The van der Waals surface area contributed by atoms with Crippen LogP contribution in [0, 0.1) is 19.8 Å². The zero-order valence-electron chi connectivity index (χ0n) is 16.1. The molecule has 0 unspecified atom stereocenters. The van der Waals surface area contributed by atoms with E-state index in [-0.39, 0.29) is 5.91 Å². The minimum atomic E-state index is -0.569. The number of hydrogen-bond acceptors (Lipinski definition) is 4. The summed E-state index contributed by atoms with van der Waals surface area (Å²) in [5, 5.41) is 5.08. The molecule has 0 aliphatic carbocycles. The van der Waals surface area contributed by atoms with Crippen LogP contribution < -0.4 is 5.32 Å². The summed E-state index contributed by atoms with van der Waals surface area (Å²) in [5.41, 5.74) is 1.36. The standard InChI is InChI=1S/C19H30N2O3S/c1-7-14-8-9-21(18(23)24-19(4,5)6)15(10-14)17(22)20-16-12(2)11-25-13(16)3/h11,14-15H,7-10H2,1-6H3,(H,20,22)/t14-,15+/m1/s1. The largest absolute Gasteiger partial charge is 0.444 e. The Morgan fingerprint density at radius 3 is 2.56 bits per heavy atom. The molecule has 1 N–H and O–H groups in total. The maximum absolute atomic E-state index is 13.0. The molecule has 1 saturated heterocycles. The zero-order chi connectivity index (χ0) is 18.8. The maximum atomic E-state index is 13.0. The van der Waals surface area contributed by atoms with E-state index in [9.17, 15) is 9.59 Å². The molecule has 140 valence electrons. The van der Waals surface area contributed by atoms with E-state index >= 15 is 0 Å². The van der Waals surface area contributed by atoms with E-state index in [4.69, 9.17) is 4.74 Å². The first-order valence-corrected chi connectivity index (χ1v) is 9.85. The number of thiophene rings is 1. The first-order valence-electron chi connectivity index (χ1n) is 8.97. The average molecular weight is 367 g/mol. The summed E-state index contributed by atoms with van der Waals surface area (Å²) in [6.07, 6.45) is 2.21. The van der Waals surface area contributed by atoms with E-state index in [0.29, 0.717) is 18.9 Å². The van der Waals surface area contributed by atoms with Crippen molar-refractivity contribution in [3.63, 3.8) is 0 Å². The molecular weight excluding hydrogens is 336 g/mol. The van der Waals surface area contributed by atoms with Gasteiger partial charge in [0.25, 0.3) is 0 Å². The van der Waals surface area contributed by atoms with Gasteiger partial charge in [0.1, 0.15) is 11.6 Å². The highest BCUT2D eigenvalue weighted by Crippen LogP contribution is 2.30. The van der Waals surface area contributed by atoms with Gasteiger partial charge in [-0.2, -0.15) is 0 Å². The third-order valence-electron chi connectivity index (χ3n) is 4.63. The van der Waals surface area contributed by atoms with Crippen molar-refractivity contribution in [1.82, 2.24) is 4.90 Å². The highest BCUT2D eigenvalue weighted by Gasteiger charge is 2.38. The summed E-state index contributed by atoms with van der Waals surface area (Å²) in [4.78, 5) is 28.2. The predicted octanol–water partition coefficient (Wildman–Crippen LogP) is 4.73. The smallest absolute Gasteiger partial charge is 0.410 e. The first kappa shape index (κ1) is 19.8. The molecule has 6 heteroatoms. The number of nitrogens with one attached hydrogen (secondary N) is 1. The molecule has 0 saturated carbocycles. The van der Waals surface area contributed by atoms with Crippen LogP contribution in [0.3, 0.4) is 0 Å². The van der Waals surface area contributed by atoms with E-state index < -0.39 is 17.7 Å². The fraction of sp³-hybridized carbons (Fsp3) is 0.684. The Bertz CT molecular complexity index is 614. The molecule has 0 spiro atoms. The lowest BCUT2D eigenvalue weighted by molar-refractivity contribution is -0.123. The third-order valence-corrected chi connectivity index (χ3v) is 5.66.